The Morgan fingerprint density at radius 1 is 1.56 bits per heavy atom. The first-order valence-electron chi connectivity index (χ1n) is 5.51. The summed E-state index contributed by atoms with van der Waals surface area (Å²) in [5.74, 6) is 0. The van der Waals surface area contributed by atoms with Gasteiger partial charge in [0.1, 0.15) is 5.01 Å². The van der Waals surface area contributed by atoms with Gasteiger partial charge in [0.2, 0.25) is 0 Å². The number of nitrogens with one attached hydrogen (secondary N) is 1. The Bertz CT molecular complexity index is 482. The number of aryl methyl sites for hydroxylation is 1. The molecule has 0 unspecified atom stereocenters. The van der Waals surface area contributed by atoms with Gasteiger partial charge in [0.15, 0.2) is 0 Å². The number of nitrogens with zero attached hydrogens (tertiary/aromatic N) is 3. The summed E-state index contributed by atoms with van der Waals surface area (Å²) in [5, 5.41) is 10.9. The first-order valence-corrected chi connectivity index (χ1v) is 6.39. The van der Waals surface area contributed by atoms with Crippen LogP contribution in [-0.4, -0.2) is 21.3 Å². The summed E-state index contributed by atoms with van der Waals surface area (Å²) in [6.07, 6.45) is 6.33. The van der Waals surface area contributed by atoms with Crippen LogP contribution in [0.15, 0.2) is 17.8 Å². The van der Waals surface area contributed by atoms with Gasteiger partial charge in [0.25, 0.3) is 0 Å². The quantitative estimate of drug-likeness (QED) is 0.864. The van der Waals surface area contributed by atoms with E-state index in [1.807, 2.05) is 24.1 Å². The molecule has 84 valence electrons. The summed E-state index contributed by atoms with van der Waals surface area (Å²) in [6, 6.07) is 0.460. The molecule has 0 spiro atoms. The van der Waals surface area contributed by atoms with Crippen molar-refractivity contribution in [3.8, 4) is 10.6 Å². The van der Waals surface area contributed by atoms with Gasteiger partial charge in [0, 0.05) is 24.2 Å². The highest BCUT2D eigenvalue weighted by Crippen LogP contribution is 2.29. The molecule has 2 aromatic heterocycles. The highest BCUT2D eigenvalue weighted by Gasteiger charge is 2.19. The van der Waals surface area contributed by atoms with Gasteiger partial charge in [-0.05, 0) is 19.4 Å². The van der Waals surface area contributed by atoms with E-state index in [2.05, 4.69) is 20.8 Å². The normalized spacial score (nSPS) is 20.4. The van der Waals surface area contributed by atoms with Crippen molar-refractivity contribution in [3.63, 3.8) is 0 Å². The minimum absolute atomic E-state index is 0.460. The minimum Gasteiger partial charge on any atom is -0.309 e. The zero-order chi connectivity index (χ0) is 11.0. The number of thiazole rings is 1. The summed E-state index contributed by atoms with van der Waals surface area (Å²) in [5.41, 5.74) is 2.29. The van der Waals surface area contributed by atoms with E-state index in [0.29, 0.717) is 6.04 Å². The fraction of sp³-hybridized carbons (Fsp3) is 0.455. The third kappa shape index (κ3) is 1.76. The second-order valence-electron chi connectivity index (χ2n) is 4.13. The van der Waals surface area contributed by atoms with Gasteiger partial charge in [-0.2, -0.15) is 5.10 Å². The molecule has 0 aromatic carbocycles. The zero-order valence-electron chi connectivity index (χ0n) is 9.18. The topological polar surface area (TPSA) is 42.7 Å². The van der Waals surface area contributed by atoms with Crippen molar-refractivity contribution in [2.45, 2.75) is 18.9 Å². The predicted octanol–water partition coefficient (Wildman–Crippen LogP) is 1.97. The van der Waals surface area contributed by atoms with Crippen LogP contribution in [0.2, 0.25) is 0 Å². The van der Waals surface area contributed by atoms with Crippen LogP contribution in [0.4, 0.5) is 0 Å². The summed E-state index contributed by atoms with van der Waals surface area (Å²) in [7, 11) is 1.93. The molecule has 1 fully saturated rings. The molecule has 0 saturated carbocycles. The number of hydrogen-bond acceptors (Lipinski definition) is 4. The Morgan fingerprint density at radius 3 is 3.19 bits per heavy atom. The van der Waals surface area contributed by atoms with Gasteiger partial charge in [-0.3, -0.25) is 4.68 Å². The van der Waals surface area contributed by atoms with Crippen molar-refractivity contribution < 1.29 is 0 Å². The van der Waals surface area contributed by atoms with Gasteiger partial charge in [-0.1, -0.05) is 0 Å². The van der Waals surface area contributed by atoms with E-state index < -0.39 is 0 Å². The van der Waals surface area contributed by atoms with Crippen molar-refractivity contribution in [2.75, 3.05) is 6.54 Å². The van der Waals surface area contributed by atoms with Crippen LogP contribution in [0.25, 0.3) is 10.6 Å². The second-order valence-corrected chi connectivity index (χ2v) is 4.99. The van der Waals surface area contributed by atoms with E-state index in [1.54, 1.807) is 11.3 Å². The van der Waals surface area contributed by atoms with Crippen molar-refractivity contribution in [2.24, 2.45) is 7.05 Å². The molecule has 2 aromatic rings. The molecule has 1 saturated heterocycles. The molecular formula is C11H14N4S. The molecule has 0 amide bonds. The largest absolute Gasteiger partial charge is 0.309 e. The van der Waals surface area contributed by atoms with E-state index in [9.17, 15) is 0 Å². The number of rotatable bonds is 2. The van der Waals surface area contributed by atoms with Crippen LogP contribution in [-0.2, 0) is 7.05 Å². The van der Waals surface area contributed by atoms with Crippen molar-refractivity contribution in [3.05, 3.63) is 23.5 Å². The summed E-state index contributed by atoms with van der Waals surface area (Å²) < 4.78 is 1.81. The van der Waals surface area contributed by atoms with Crippen LogP contribution in [0.5, 0.6) is 0 Å². The SMILES string of the molecule is Cn1cc(-c2nc([C@@H]3CCCN3)cs2)cn1. The first-order chi connectivity index (χ1) is 7.83. The maximum atomic E-state index is 4.68. The molecule has 0 aliphatic carbocycles. The van der Waals surface area contributed by atoms with E-state index in [1.165, 1.54) is 18.5 Å². The van der Waals surface area contributed by atoms with Gasteiger partial charge in [-0.25, -0.2) is 4.98 Å². The van der Waals surface area contributed by atoms with Gasteiger partial charge < -0.3 is 5.32 Å². The highest BCUT2D eigenvalue weighted by atomic mass is 32.1. The zero-order valence-corrected chi connectivity index (χ0v) is 10.00. The summed E-state index contributed by atoms with van der Waals surface area (Å²) in [6.45, 7) is 1.12. The molecular weight excluding hydrogens is 220 g/mol. The number of hydrogen-bond donors (Lipinski definition) is 1. The van der Waals surface area contributed by atoms with E-state index >= 15 is 0 Å². The van der Waals surface area contributed by atoms with E-state index in [0.717, 1.165) is 17.1 Å². The van der Waals surface area contributed by atoms with E-state index in [-0.39, 0.29) is 0 Å². The fourth-order valence-electron chi connectivity index (χ4n) is 2.05. The molecule has 0 bridgehead atoms. The Hall–Kier alpha value is -1.20. The van der Waals surface area contributed by atoms with Crippen molar-refractivity contribution in [1.29, 1.82) is 0 Å². The maximum Gasteiger partial charge on any atom is 0.126 e. The van der Waals surface area contributed by atoms with Crippen LogP contribution in [0.3, 0.4) is 0 Å². The average Bonchev–Trinajstić information content (AvgIpc) is 2.97. The Labute approximate surface area is 98.3 Å². The third-order valence-corrected chi connectivity index (χ3v) is 3.80. The Kier molecular flexibility index (Phi) is 2.49. The molecule has 5 heteroatoms. The molecule has 16 heavy (non-hydrogen) atoms. The molecule has 4 nitrogen and oxygen atoms in total. The lowest BCUT2D eigenvalue weighted by Crippen LogP contribution is -2.12. The Balaban J connectivity index is 1.87. The molecule has 0 radical (unpaired) electrons. The smallest absolute Gasteiger partial charge is 0.126 e. The van der Waals surface area contributed by atoms with E-state index in [4.69, 9.17) is 0 Å². The third-order valence-electron chi connectivity index (χ3n) is 2.89. The molecule has 3 rings (SSSR count). The Morgan fingerprint density at radius 2 is 2.50 bits per heavy atom. The van der Waals surface area contributed by atoms with Gasteiger partial charge in [-0.15, -0.1) is 11.3 Å². The minimum atomic E-state index is 0.460. The molecule has 1 N–H and O–H groups in total. The van der Waals surface area contributed by atoms with Gasteiger partial charge >= 0.3 is 0 Å². The molecule has 3 heterocycles. The van der Waals surface area contributed by atoms with Crippen LogP contribution >= 0.6 is 11.3 Å². The molecule has 1 aliphatic heterocycles. The molecule has 1 atom stereocenters. The standard InChI is InChI=1S/C11H14N4S/c1-15-6-8(5-13-15)11-14-10(7-16-11)9-3-2-4-12-9/h5-7,9,12H,2-4H2,1H3/t9-/m0/s1. The van der Waals surface area contributed by atoms with Crippen LogP contribution in [0, 0.1) is 0 Å². The van der Waals surface area contributed by atoms with Gasteiger partial charge in [0.05, 0.1) is 17.9 Å². The average molecular weight is 234 g/mol. The lowest BCUT2D eigenvalue weighted by molar-refractivity contribution is 0.632. The molecule has 1 aliphatic rings. The van der Waals surface area contributed by atoms with Crippen LogP contribution < -0.4 is 5.32 Å². The van der Waals surface area contributed by atoms with Crippen molar-refractivity contribution >= 4 is 11.3 Å². The van der Waals surface area contributed by atoms with Crippen molar-refractivity contribution in [1.82, 2.24) is 20.1 Å². The monoisotopic (exact) mass is 234 g/mol. The summed E-state index contributed by atoms with van der Waals surface area (Å²) >= 11 is 1.70. The highest BCUT2D eigenvalue weighted by molar-refractivity contribution is 7.13. The maximum absolute atomic E-state index is 4.68. The first kappa shape index (κ1) is 9.99. The lowest BCUT2D eigenvalue weighted by atomic mass is 10.2. The second kappa shape index (κ2) is 3.99. The lowest BCUT2D eigenvalue weighted by Gasteiger charge is -2.04. The summed E-state index contributed by atoms with van der Waals surface area (Å²) in [4.78, 5) is 4.68. The number of aromatic nitrogens is 3. The fourth-order valence-corrected chi connectivity index (χ4v) is 2.90. The van der Waals surface area contributed by atoms with Crippen LogP contribution in [0.1, 0.15) is 24.6 Å². The predicted molar refractivity (Wildman–Crippen MR) is 64.3 cm³/mol.